The third-order valence-electron chi connectivity index (χ3n) is 5.85. The first-order valence-electron chi connectivity index (χ1n) is 15.6. The third kappa shape index (κ3) is 19.9. The van der Waals surface area contributed by atoms with Gasteiger partial charge in [0.05, 0.1) is 36.6 Å². The Balaban J connectivity index is 4.22. The van der Waals surface area contributed by atoms with Crippen LogP contribution in [0.4, 0.5) is 0 Å². The van der Waals surface area contributed by atoms with Crippen molar-refractivity contribution < 1.29 is 57.1 Å². The number of carbonyl (C=O) groups excluding carboxylic acids is 4. The fourth-order valence-electron chi connectivity index (χ4n) is 4.02. The predicted molar refractivity (Wildman–Crippen MR) is 163 cm³/mol. The molecular formula is C32H58O12. The van der Waals surface area contributed by atoms with Gasteiger partial charge in [-0.25, -0.2) is 9.59 Å². The fourth-order valence-corrected chi connectivity index (χ4v) is 4.02. The van der Waals surface area contributed by atoms with Crippen molar-refractivity contribution in [2.45, 2.75) is 157 Å². The zero-order valence-electron chi connectivity index (χ0n) is 29.0. The van der Waals surface area contributed by atoms with Crippen LogP contribution in [0.1, 0.15) is 109 Å². The molecule has 0 fully saturated rings. The van der Waals surface area contributed by atoms with Crippen LogP contribution in [0.5, 0.6) is 0 Å². The molecule has 4 unspecified atom stereocenters. The van der Waals surface area contributed by atoms with Gasteiger partial charge in [-0.2, -0.15) is 0 Å². The monoisotopic (exact) mass is 634 g/mol. The van der Waals surface area contributed by atoms with Gasteiger partial charge < -0.3 is 37.9 Å². The lowest BCUT2D eigenvalue weighted by Gasteiger charge is -2.28. The number of unbranched alkanes of at least 4 members (excludes halogenated alkanes) is 1. The summed E-state index contributed by atoms with van der Waals surface area (Å²) in [4.78, 5) is 49.1. The smallest absolute Gasteiger partial charge is 0.337 e. The first-order chi connectivity index (χ1) is 20.2. The Kier molecular flexibility index (Phi) is 19.6. The number of carbonyl (C=O) groups is 4. The Bertz CT molecular complexity index is 797. The highest BCUT2D eigenvalue weighted by Crippen LogP contribution is 2.17. The summed E-state index contributed by atoms with van der Waals surface area (Å²) in [7, 11) is 0. The van der Waals surface area contributed by atoms with Gasteiger partial charge in [-0.1, -0.05) is 0 Å². The molecule has 0 spiro atoms. The lowest BCUT2D eigenvalue weighted by atomic mass is 10.1. The van der Waals surface area contributed by atoms with Crippen LogP contribution in [0.25, 0.3) is 0 Å². The SMILES string of the molecule is CC(C)OC(C)COC(=O)C(C)(C)OC(C)COC(=O)CCCCC(=O)OCC(C)OC(C)(C)C(=O)OCC(C)OC(C)C. The molecule has 0 aliphatic heterocycles. The van der Waals surface area contributed by atoms with Crippen molar-refractivity contribution in [3.8, 4) is 0 Å². The summed E-state index contributed by atoms with van der Waals surface area (Å²) in [6.45, 7) is 21.2. The Morgan fingerprint density at radius 2 is 0.773 bits per heavy atom. The largest absolute Gasteiger partial charge is 0.463 e. The second kappa shape index (κ2) is 20.7. The van der Waals surface area contributed by atoms with Crippen LogP contribution in [-0.2, 0) is 57.1 Å². The maximum Gasteiger partial charge on any atom is 0.337 e. The van der Waals surface area contributed by atoms with Crippen LogP contribution in [0.2, 0.25) is 0 Å². The average molecular weight is 635 g/mol. The number of rotatable bonds is 23. The molecule has 0 aromatic heterocycles. The van der Waals surface area contributed by atoms with Crippen molar-refractivity contribution >= 4 is 23.9 Å². The molecule has 0 heterocycles. The number of ether oxygens (including phenoxy) is 8. The minimum Gasteiger partial charge on any atom is -0.463 e. The van der Waals surface area contributed by atoms with Crippen LogP contribution >= 0.6 is 0 Å². The zero-order chi connectivity index (χ0) is 34.1. The van der Waals surface area contributed by atoms with Crippen LogP contribution in [-0.4, -0.2) is 98.1 Å². The fraction of sp³-hybridized carbons (Fsp3) is 0.875. The summed E-state index contributed by atoms with van der Waals surface area (Å²) < 4.78 is 43.7. The van der Waals surface area contributed by atoms with Crippen molar-refractivity contribution in [1.82, 2.24) is 0 Å². The maximum atomic E-state index is 12.4. The molecule has 0 radical (unpaired) electrons. The molecule has 0 saturated carbocycles. The van der Waals surface area contributed by atoms with Gasteiger partial charge in [-0.3, -0.25) is 9.59 Å². The van der Waals surface area contributed by atoms with Crippen LogP contribution < -0.4 is 0 Å². The summed E-state index contributed by atoms with van der Waals surface area (Å²) in [6.07, 6.45) is -0.422. The maximum absolute atomic E-state index is 12.4. The van der Waals surface area contributed by atoms with E-state index in [1.807, 2.05) is 41.5 Å². The molecule has 0 aromatic rings. The molecule has 0 aliphatic rings. The van der Waals surface area contributed by atoms with Gasteiger partial charge in [0.1, 0.15) is 26.4 Å². The Labute approximate surface area is 264 Å². The molecule has 12 nitrogen and oxygen atoms in total. The molecule has 0 aliphatic carbocycles. The number of hydrogen-bond acceptors (Lipinski definition) is 12. The minimum atomic E-state index is -1.23. The van der Waals surface area contributed by atoms with Crippen LogP contribution in [0.3, 0.4) is 0 Å². The summed E-state index contributed by atoms with van der Waals surface area (Å²) in [5.74, 6) is -1.94. The quantitative estimate of drug-likeness (QED) is 0.0872. The number of hydrogen-bond donors (Lipinski definition) is 0. The van der Waals surface area contributed by atoms with E-state index in [9.17, 15) is 19.2 Å². The van der Waals surface area contributed by atoms with E-state index in [1.165, 1.54) is 0 Å². The van der Waals surface area contributed by atoms with Crippen molar-refractivity contribution in [2.24, 2.45) is 0 Å². The van der Waals surface area contributed by atoms with E-state index < -0.39 is 47.3 Å². The van der Waals surface area contributed by atoms with Crippen LogP contribution in [0, 0.1) is 0 Å². The van der Waals surface area contributed by atoms with E-state index in [4.69, 9.17) is 37.9 Å². The summed E-state index contributed by atoms with van der Waals surface area (Å²) in [6, 6.07) is 0. The van der Waals surface area contributed by atoms with E-state index in [-0.39, 0.29) is 63.7 Å². The molecule has 0 N–H and O–H groups in total. The minimum absolute atomic E-state index is 0.0218. The highest BCUT2D eigenvalue weighted by Gasteiger charge is 2.34. The van der Waals surface area contributed by atoms with Gasteiger partial charge in [0, 0.05) is 12.8 Å². The first-order valence-corrected chi connectivity index (χ1v) is 15.6. The van der Waals surface area contributed by atoms with Gasteiger partial charge >= 0.3 is 23.9 Å². The molecule has 0 rings (SSSR count). The second-order valence-electron chi connectivity index (χ2n) is 12.6. The Morgan fingerprint density at radius 3 is 1.07 bits per heavy atom. The molecule has 258 valence electrons. The molecular weight excluding hydrogens is 576 g/mol. The molecule has 0 saturated heterocycles. The normalized spacial score (nSPS) is 15.0. The van der Waals surface area contributed by atoms with Crippen molar-refractivity contribution in [2.75, 3.05) is 26.4 Å². The number of esters is 4. The predicted octanol–water partition coefficient (Wildman–Crippen LogP) is 4.71. The van der Waals surface area contributed by atoms with E-state index in [2.05, 4.69) is 0 Å². The van der Waals surface area contributed by atoms with E-state index in [1.54, 1.807) is 41.5 Å². The summed E-state index contributed by atoms with van der Waals surface area (Å²) in [5.41, 5.74) is -2.46. The average Bonchev–Trinajstić information content (AvgIpc) is 2.89. The van der Waals surface area contributed by atoms with Gasteiger partial charge in [0.2, 0.25) is 0 Å². The molecule has 0 amide bonds. The van der Waals surface area contributed by atoms with Crippen LogP contribution in [0.15, 0.2) is 0 Å². The highest BCUT2D eigenvalue weighted by atomic mass is 16.6. The van der Waals surface area contributed by atoms with E-state index >= 15 is 0 Å². The van der Waals surface area contributed by atoms with Crippen molar-refractivity contribution in [3.63, 3.8) is 0 Å². The van der Waals surface area contributed by atoms with Crippen molar-refractivity contribution in [1.29, 1.82) is 0 Å². The van der Waals surface area contributed by atoms with Gasteiger partial charge in [0.25, 0.3) is 0 Å². The van der Waals surface area contributed by atoms with Gasteiger partial charge in [-0.15, -0.1) is 0 Å². The lowest BCUT2D eigenvalue weighted by Crippen LogP contribution is -2.41. The second-order valence-corrected chi connectivity index (χ2v) is 12.6. The van der Waals surface area contributed by atoms with E-state index in [0.717, 1.165) is 0 Å². The lowest BCUT2D eigenvalue weighted by molar-refractivity contribution is -0.182. The third-order valence-corrected chi connectivity index (χ3v) is 5.85. The van der Waals surface area contributed by atoms with Crippen molar-refractivity contribution in [3.05, 3.63) is 0 Å². The zero-order valence-corrected chi connectivity index (χ0v) is 29.0. The molecule has 4 atom stereocenters. The molecule has 12 heteroatoms. The molecule has 44 heavy (non-hydrogen) atoms. The standard InChI is InChI=1S/C32H58O12/c1-21(2)41-23(5)17-39-29(35)31(9,10)43-25(7)19-37-27(33)15-13-14-16-28(34)38-20-26(8)44-32(11,12)30(36)40-18-24(6)42-22(3)4/h21-26H,13-20H2,1-12H3. The Hall–Kier alpha value is -2.28. The summed E-state index contributed by atoms with van der Waals surface area (Å²) >= 11 is 0. The molecule has 0 bridgehead atoms. The molecule has 0 aromatic carbocycles. The van der Waals surface area contributed by atoms with E-state index in [0.29, 0.717) is 12.8 Å². The topological polar surface area (TPSA) is 142 Å². The van der Waals surface area contributed by atoms with Gasteiger partial charge in [0.15, 0.2) is 11.2 Å². The summed E-state index contributed by atoms with van der Waals surface area (Å²) in [5, 5.41) is 0. The van der Waals surface area contributed by atoms with Gasteiger partial charge in [-0.05, 0) is 95.9 Å². The highest BCUT2D eigenvalue weighted by molar-refractivity contribution is 5.79. The Morgan fingerprint density at radius 1 is 0.477 bits per heavy atom. The first kappa shape index (κ1) is 41.7.